The number of benzene rings is 1. The van der Waals surface area contributed by atoms with E-state index in [2.05, 4.69) is 0 Å². The van der Waals surface area contributed by atoms with E-state index >= 15 is 0 Å². The quantitative estimate of drug-likeness (QED) is 0.505. The molecule has 0 bridgehead atoms. The summed E-state index contributed by atoms with van der Waals surface area (Å²) in [5.74, 6) is 0. The van der Waals surface area contributed by atoms with E-state index in [0.717, 1.165) is 12.1 Å². The average molecular weight is 272 g/mol. The highest BCUT2D eigenvalue weighted by atomic mass is 35.5. The van der Waals surface area contributed by atoms with Gasteiger partial charge in [-0.3, -0.25) is 14.7 Å². The fourth-order valence-electron chi connectivity index (χ4n) is 0.856. The van der Waals surface area contributed by atoms with Crippen LogP contribution in [-0.4, -0.2) is 17.9 Å². The molecule has 0 unspecified atom stereocenters. The summed E-state index contributed by atoms with van der Waals surface area (Å²) in [4.78, 5) is 8.90. The van der Waals surface area contributed by atoms with Gasteiger partial charge in [-0.1, -0.05) is 23.2 Å². The minimum atomic E-state index is -4.54. The Balaban J connectivity index is 3.52. The third kappa shape index (κ3) is 2.57. The lowest BCUT2D eigenvalue weighted by Crippen LogP contribution is -2.00. The van der Waals surface area contributed by atoms with Gasteiger partial charge in [0.1, 0.15) is 9.92 Å². The highest BCUT2D eigenvalue weighted by Crippen LogP contribution is 2.32. The Hall–Kier alpha value is -0.890. The molecule has 6 nitrogen and oxygen atoms in total. The predicted octanol–water partition coefficient (Wildman–Crippen LogP) is 2.15. The molecule has 0 aliphatic heterocycles. The van der Waals surface area contributed by atoms with E-state index in [1.807, 2.05) is 0 Å². The van der Waals surface area contributed by atoms with Gasteiger partial charge in [0.05, 0.1) is 9.95 Å². The van der Waals surface area contributed by atoms with Crippen molar-refractivity contribution in [2.75, 3.05) is 0 Å². The first-order valence-corrected chi connectivity index (χ1v) is 5.54. The summed E-state index contributed by atoms with van der Waals surface area (Å²) in [5.41, 5.74) is -0.533. The molecule has 0 aliphatic carbocycles. The van der Waals surface area contributed by atoms with Crippen molar-refractivity contribution in [2.45, 2.75) is 4.90 Å². The van der Waals surface area contributed by atoms with Gasteiger partial charge in [-0.2, -0.15) is 8.42 Å². The summed E-state index contributed by atoms with van der Waals surface area (Å²) in [6, 6.07) is 1.48. The largest absolute Gasteiger partial charge is 0.296 e. The fourth-order valence-corrected chi connectivity index (χ4v) is 2.18. The summed E-state index contributed by atoms with van der Waals surface area (Å²) < 4.78 is 30.1. The average Bonchev–Trinajstić information content (AvgIpc) is 2.06. The zero-order valence-corrected chi connectivity index (χ0v) is 9.17. The van der Waals surface area contributed by atoms with Crippen LogP contribution in [0.3, 0.4) is 0 Å². The summed E-state index contributed by atoms with van der Waals surface area (Å²) in [6.07, 6.45) is 0. The van der Waals surface area contributed by atoms with E-state index in [4.69, 9.17) is 27.8 Å². The Morgan fingerprint density at radius 3 is 2.20 bits per heavy atom. The molecule has 0 fully saturated rings. The molecule has 0 heterocycles. The zero-order chi connectivity index (χ0) is 11.8. The van der Waals surface area contributed by atoms with Crippen LogP contribution in [0.25, 0.3) is 0 Å². The maximum Gasteiger partial charge on any atom is 0.296 e. The highest BCUT2D eigenvalue weighted by Gasteiger charge is 2.22. The smallest absolute Gasteiger partial charge is 0.282 e. The second-order valence-corrected chi connectivity index (χ2v) is 4.67. The van der Waals surface area contributed by atoms with Crippen LogP contribution in [0.2, 0.25) is 10.0 Å². The molecule has 82 valence electrons. The summed E-state index contributed by atoms with van der Waals surface area (Å²) in [5, 5.41) is 9.50. The van der Waals surface area contributed by atoms with Gasteiger partial charge in [-0.15, -0.1) is 0 Å². The number of halogens is 2. The van der Waals surface area contributed by atoms with Gasteiger partial charge >= 0.3 is 0 Å². The van der Waals surface area contributed by atoms with E-state index in [1.54, 1.807) is 0 Å². The van der Waals surface area contributed by atoms with Crippen molar-refractivity contribution >= 4 is 39.0 Å². The van der Waals surface area contributed by atoms with E-state index < -0.39 is 35.7 Å². The molecule has 0 spiro atoms. The number of nitrogens with zero attached hydrogens (tertiary/aromatic N) is 1. The monoisotopic (exact) mass is 271 g/mol. The molecular formula is C6H3Cl2NO5S. The van der Waals surface area contributed by atoms with Crippen LogP contribution < -0.4 is 0 Å². The topological polar surface area (TPSA) is 97.5 Å². The highest BCUT2D eigenvalue weighted by molar-refractivity contribution is 7.86. The van der Waals surface area contributed by atoms with Crippen molar-refractivity contribution in [1.82, 2.24) is 0 Å². The number of nitro groups is 1. The first kappa shape index (κ1) is 12.2. The fraction of sp³-hybridized carbons (Fsp3) is 0. The van der Waals surface area contributed by atoms with Gasteiger partial charge < -0.3 is 0 Å². The third-order valence-electron chi connectivity index (χ3n) is 1.48. The molecule has 1 aromatic carbocycles. The molecule has 0 saturated heterocycles. The molecule has 1 N–H and O–H groups in total. The van der Waals surface area contributed by atoms with Crippen molar-refractivity contribution in [3.05, 3.63) is 32.3 Å². The van der Waals surface area contributed by atoms with Crippen LogP contribution in [0.1, 0.15) is 0 Å². The molecule has 15 heavy (non-hydrogen) atoms. The SMILES string of the molecule is O=[N+]([O-])c1cc(Cl)c(S(=O)(=O)O)cc1Cl. The molecule has 0 radical (unpaired) electrons. The molecular weight excluding hydrogens is 269 g/mol. The van der Waals surface area contributed by atoms with Crippen molar-refractivity contribution < 1.29 is 17.9 Å². The molecule has 0 atom stereocenters. The van der Waals surface area contributed by atoms with E-state index in [9.17, 15) is 18.5 Å². The van der Waals surface area contributed by atoms with Crippen molar-refractivity contribution in [3.8, 4) is 0 Å². The van der Waals surface area contributed by atoms with Crippen LogP contribution >= 0.6 is 23.2 Å². The Labute approximate surface area is 94.3 Å². The second-order valence-electron chi connectivity index (χ2n) is 2.47. The van der Waals surface area contributed by atoms with Gasteiger partial charge in [0.2, 0.25) is 0 Å². The lowest BCUT2D eigenvalue weighted by molar-refractivity contribution is -0.384. The Bertz CT molecular complexity index is 527. The molecule has 0 amide bonds. The lowest BCUT2D eigenvalue weighted by atomic mass is 10.3. The molecule has 0 saturated carbocycles. The molecule has 9 heteroatoms. The minimum Gasteiger partial charge on any atom is -0.282 e. The predicted molar refractivity (Wildman–Crippen MR) is 52.9 cm³/mol. The number of rotatable bonds is 2. The van der Waals surface area contributed by atoms with Gasteiger partial charge in [0.25, 0.3) is 15.8 Å². The Morgan fingerprint density at radius 1 is 1.27 bits per heavy atom. The maximum absolute atomic E-state index is 10.7. The Morgan fingerprint density at radius 2 is 1.80 bits per heavy atom. The number of nitro benzene ring substituents is 1. The molecule has 1 aromatic rings. The zero-order valence-electron chi connectivity index (χ0n) is 6.85. The van der Waals surface area contributed by atoms with Gasteiger partial charge in [0.15, 0.2) is 0 Å². The second kappa shape index (κ2) is 3.93. The van der Waals surface area contributed by atoms with E-state index in [1.165, 1.54) is 0 Å². The molecule has 0 aromatic heterocycles. The van der Waals surface area contributed by atoms with Crippen LogP contribution in [0.4, 0.5) is 5.69 Å². The first-order valence-electron chi connectivity index (χ1n) is 3.34. The van der Waals surface area contributed by atoms with Crippen LogP contribution in [0.5, 0.6) is 0 Å². The van der Waals surface area contributed by atoms with Gasteiger partial charge in [-0.05, 0) is 6.07 Å². The maximum atomic E-state index is 10.7. The van der Waals surface area contributed by atoms with E-state index in [-0.39, 0.29) is 0 Å². The van der Waals surface area contributed by atoms with Crippen LogP contribution in [-0.2, 0) is 10.1 Å². The molecule has 1 rings (SSSR count). The summed E-state index contributed by atoms with van der Waals surface area (Å²) in [7, 11) is -4.54. The van der Waals surface area contributed by atoms with Gasteiger partial charge in [-0.25, -0.2) is 0 Å². The van der Waals surface area contributed by atoms with Crippen molar-refractivity contribution in [1.29, 1.82) is 0 Å². The summed E-state index contributed by atoms with van der Waals surface area (Å²) >= 11 is 10.9. The third-order valence-corrected chi connectivity index (χ3v) is 3.10. The van der Waals surface area contributed by atoms with Crippen molar-refractivity contribution in [3.63, 3.8) is 0 Å². The van der Waals surface area contributed by atoms with E-state index in [0.29, 0.717) is 0 Å². The first-order chi connectivity index (χ1) is 6.73. The lowest BCUT2D eigenvalue weighted by Gasteiger charge is -2.01. The number of hydrogen-bond donors (Lipinski definition) is 1. The Kier molecular flexibility index (Phi) is 3.19. The minimum absolute atomic E-state index is 0.419. The number of hydrogen-bond acceptors (Lipinski definition) is 4. The normalized spacial score (nSPS) is 11.4. The van der Waals surface area contributed by atoms with Crippen LogP contribution in [0.15, 0.2) is 17.0 Å². The van der Waals surface area contributed by atoms with Crippen molar-refractivity contribution in [2.24, 2.45) is 0 Å². The molecule has 0 aliphatic rings. The standard InChI is InChI=1S/C6H3Cl2NO5S/c7-3-2-6(15(12,13)14)4(8)1-5(3)9(10)11/h1-2H,(H,12,13,14). The summed E-state index contributed by atoms with van der Waals surface area (Å²) in [6.45, 7) is 0. The van der Waals surface area contributed by atoms with Crippen LogP contribution in [0, 0.1) is 10.1 Å². The van der Waals surface area contributed by atoms with Gasteiger partial charge in [0, 0.05) is 6.07 Å².